The van der Waals surface area contributed by atoms with Crippen molar-refractivity contribution in [2.24, 2.45) is 5.41 Å². The minimum Gasteiger partial charge on any atom is -0.478 e. The van der Waals surface area contributed by atoms with E-state index in [0.717, 1.165) is 18.1 Å². The van der Waals surface area contributed by atoms with Gasteiger partial charge in [0.1, 0.15) is 5.82 Å². The number of aromatic carboxylic acids is 1. The van der Waals surface area contributed by atoms with Crippen LogP contribution in [0.15, 0.2) is 36.5 Å². The molecule has 0 aliphatic heterocycles. The number of aromatic nitrogens is 1. The molecule has 4 nitrogen and oxygen atoms in total. The molecule has 0 amide bonds. The van der Waals surface area contributed by atoms with Crippen LogP contribution < -0.4 is 4.90 Å². The minimum absolute atomic E-state index is 0.0179. The lowest BCUT2D eigenvalue weighted by molar-refractivity contribution is 0.0696. The summed E-state index contributed by atoms with van der Waals surface area (Å²) in [5.41, 5.74) is 3.92. The van der Waals surface area contributed by atoms with Gasteiger partial charge in [0.05, 0.1) is 5.56 Å². The van der Waals surface area contributed by atoms with Crippen molar-refractivity contribution in [3.8, 4) is 0 Å². The normalized spacial score (nSPS) is 12.7. The number of nitrogens with zero attached hydrogens (tertiary/aromatic N) is 2. The summed E-state index contributed by atoms with van der Waals surface area (Å²) in [7, 11) is 0. The van der Waals surface area contributed by atoms with E-state index in [1.54, 1.807) is 12.1 Å². The smallest absolute Gasteiger partial charge is 0.337 e. The quantitative estimate of drug-likeness (QED) is 0.636. The molecule has 2 rings (SSSR count). The van der Waals surface area contributed by atoms with Crippen molar-refractivity contribution in [1.29, 1.82) is 0 Å². The Morgan fingerprint density at radius 3 is 1.76 bits per heavy atom. The van der Waals surface area contributed by atoms with Crippen molar-refractivity contribution in [2.45, 2.75) is 73.1 Å². The predicted octanol–water partition coefficient (Wildman–Crippen LogP) is 6.56. The van der Waals surface area contributed by atoms with Gasteiger partial charge in [-0.05, 0) is 51.6 Å². The van der Waals surface area contributed by atoms with Gasteiger partial charge < -0.3 is 10.0 Å². The fourth-order valence-corrected chi connectivity index (χ4v) is 3.08. The number of pyridine rings is 1. The highest BCUT2D eigenvalue weighted by Gasteiger charge is 2.25. The van der Waals surface area contributed by atoms with Gasteiger partial charge in [-0.3, -0.25) is 0 Å². The van der Waals surface area contributed by atoms with Crippen LogP contribution in [0.1, 0.15) is 83.8 Å². The number of hydrogen-bond donors (Lipinski definition) is 1. The van der Waals surface area contributed by atoms with Gasteiger partial charge in [-0.15, -0.1) is 0 Å². The summed E-state index contributed by atoms with van der Waals surface area (Å²) in [6.07, 6.45) is 1.44. The van der Waals surface area contributed by atoms with Crippen LogP contribution in [0, 0.1) is 5.41 Å². The average Bonchev–Trinajstić information content (AvgIpc) is 2.57. The molecule has 0 fully saturated rings. The lowest BCUT2D eigenvalue weighted by atomic mass is 9.80. The molecule has 0 aliphatic rings. The number of anilines is 2. The monoisotopic (exact) mass is 396 g/mol. The second kappa shape index (κ2) is 7.81. The van der Waals surface area contributed by atoms with Crippen LogP contribution in [0.4, 0.5) is 11.5 Å². The van der Waals surface area contributed by atoms with Crippen LogP contribution in [0.2, 0.25) is 0 Å². The SMILES string of the molecule is CC(C)(C)CN(c1cc(C(C)(C)C)cc(C(C)(C)C)c1)c1ccc(C(=O)O)cn1. The molecule has 29 heavy (non-hydrogen) atoms. The first-order valence-electron chi connectivity index (χ1n) is 10.2. The van der Waals surface area contributed by atoms with E-state index in [0.29, 0.717) is 0 Å². The van der Waals surface area contributed by atoms with E-state index in [1.165, 1.54) is 17.3 Å². The molecule has 0 atom stereocenters. The predicted molar refractivity (Wildman–Crippen MR) is 121 cm³/mol. The van der Waals surface area contributed by atoms with E-state index in [1.807, 2.05) is 0 Å². The van der Waals surface area contributed by atoms with Crippen molar-refractivity contribution in [3.63, 3.8) is 0 Å². The molecule has 1 aromatic heterocycles. The zero-order valence-electron chi connectivity index (χ0n) is 19.4. The van der Waals surface area contributed by atoms with Crippen LogP contribution in [0.3, 0.4) is 0 Å². The molecule has 0 spiro atoms. The molecule has 0 unspecified atom stereocenters. The summed E-state index contributed by atoms with van der Waals surface area (Å²) in [6, 6.07) is 10.2. The summed E-state index contributed by atoms with van der Waals surface area (Å²) < 4.78 is 0. The summed E-state index contributed by atoms with van der Waals surface area (Å²) in [6.45, 7) is 20.7. The van der Waals surface area contributed by atoms with E-state index in [9.17, 15) is 9.90 Å². The van der Waals surface area contributed by atoms with E-state index in [-0.39, 0.29) is 21.8 Å². The lowest BCUT2D eigenvalue weighted by Crippen LogP contribution is -2.30. The first-order chi connectivity index (χ1) is 13.1. The van der Waals surface area contributed by atoms with Gasteiger partial charge in [0.25, 0.3) is 0 Å². The Hall–Kier alpha value is -2.36. The maximum atomic E-state index is 11.2. The Labute approximate surface area is 176 Å². The molecule has 0 radical (unpaired) electrons. The van der Waals surface area contributed by atoms with Gasteiger partial charge in [-0.2, -0.15) is 0 Å². The van der Waals surface area contributed by atoms with Crippen molar-refractivity contribution in [3.05, 3.63) is 53.2 Å². The van der Waals surface area contributed by atoms with Crippen LogP contribution in [0.25, 0.3) is 0 Å². The number of hydrogen-bond acceptors (Lipinski definition) is 3. The van der Waals surface area contributed by atoms with Gasteiger partial charge in [0.15, 0.2) is 0 Å². The Kier molecular flexibility index (Phi) is 6.18. The van der Waals surface area contributed by atoms with Gasteiger partial charge in [-0.1, -0.05) is 68.4 Å². The number of benzene rings is 1. The van der Waals surface area contributed by atoms with Crippen LogP contribution >= 0.6 is 0 Å². The van der Waals surface area contributed by atoms with E-state index in [2.05, 4.69) is 90.4 Å². The minimum atomic E-state index is -0.962. The Bertz CT molecular complexity index is 831. The Morgan fingerprint density at radius 1 is 0.897 bits per heavy atom. The maximum absolute atomic E-state index is 11.2. The largest absolute Gasteiger partial charge is 0.478 e. The standard InChI is InChI=1S/C25H36N2O2/c1-23(2,3)16-27(21-11-10-17(15-26-21)22(28)29)20-13-18(24(4,5)6)12-19(14-20)25(7,8)9/h10-15H,16H2,1-9H3,(H,28,29). The second-order valence-corrected chi connectivity index (χ2v) is 11.1. The Morgan fingerprint density at radius 2 is 1.41 bits per heavy atom. The molecule has 4 heteroatoms. The first kappa shape index (κ1) is 22.9. The highest BCUT2D eigenvalue weighted by atomic mass is 16.4. The molecular weight excluding hydrogens is 360 g/mol. The maximum Gasteiger partial charge on any atom is 0.337 e. The van der Waals surface area contributed by atoms with Crippen molar-refractivity contribution in [2.75, 3.05) is 11.4 Å². The van der Waals surface area contributed by atoms with E-state index >= 15 is 0 Å². The van der Waals surface area contributed by atoms with Gasteiger partial charge in [-0.25, -0.2) is 9.78 Å². The average molecular weight is 397 g/mol. The molecular formula is C25H36N2O2. The molecule has 1 heterocycles. The summed E-state index contributed by atoms with van der Waals surface area (Å²) in [5.74, 6) is -0.202. The van der Waals surface area contributed by atoms with Crippen molar-refractivity contribution < 1.29 is 9.90 Å². The van der Waals surface area contributed by atoms with Gasteiger partial charge in [0.2, 0.25) is 0 Å². The first-order valence-corrected chi connectivity index (χ1v) is 10.2. The van der Waals surface area contributed by atoms with Crippen LogP contribution in [0.5, 0.6) is 0 Å². The number of carboxylic acid groups (broad SMARTS) is 1. The highest BCUT2D eigenvalue weighted by Crippen LogP contribution is 2.36. The third kappa shape index (κ3) is 6.06. The number of carbonyl (C=O) groups is 1. The van der Waals surface area contributed by atoms with Gasteiger partial charge in [0, 0.05) is 18.4 Å². The fourth-order valence-electron chi connectivity index (χ4n) is 3.08. The topological polar surface area (TPSA) is 53.4 Å². The molecule has 0 saturated carbocycles. The molecule has 0 saturated heterocycles. The van der Waals surface area contributed by atoms with Crippen LogP contribution in [-0.4, -0.2) is 22.6 Å². The molecule has 1 aromatic carbocycles. The van der Waals surface area contributed by atoms with E-state index in [4.69, 9.17) is 0 Å². The highest BCUT2D eigenvalue weighted by molar-refractivity contribution is 5.87. The van der Waals surface area contributed by atoms with Crippen LogP contribution in [-0.2, 0) is 10.8 Å². The van der Waals surface area contributed by atoms with Gasteiger partial charge >= 0.3 is 5.97 Å². The Balaban J connectivity index is 2.68. The number of rotatable bonds is 4. The summed E-state index contributed by atoms with van der Waals surface area (Å²) >= 11 is 0. The van der Waals surface area contributed by atoms with Crippen molar-refractivity contribution >= 4 is 17.5 Å². The van der Waals surface area contributed by atoms with E-state index < -0.39 is 5.97 Å². The second-order valence-electron chi connectivity index (χ2n) is 11.1. The third-order valence-corrected chi connectivity index (χ3v) is 4.87. The molecule has 1 N–H and O–H groups in total. The zero-order chi connectivity index (χ0) is 22.2. The molecule has 2 aromatic rings. The fraction of sp³-hybridized carbons (Fsp3) is 0.520. The third-order valence-electron chi connectivity index (χ3n) is 4.87. The number of carboxylic acids is 1. The van der Waals surface area contributed by atoms with Crippen molar-refractivity contribution in [1.82, 2.24) is 4.98 Å². The lowest BCUT2D eigenvalue weighted by Gasteiger charge is -2.34. The summed E-state index contributed by atoms with van der Waals surface area (Å²) in [4.78, 5) is 17.9. The molecule has 158 valence electrons. The molecule has 0 aliphatic carbocycles. The zero-order valence-corrected chi connectivity index (χ0v) is 19.4. The summed E-state index contributed by atoms with van der Waals surface area (Å²) in [5, 5.41) is 9.22. The molecule has 0 bridgehead atoms.